The molecule has 6 aromatic carbocycles. The molecule has 0 atom stereocenters. The molecule has 0 aliphatic rings. The number of benzene rings is 6. The number of carbonyl (C=O) groups is 2. The molecule has 0 unspecified atom stereocenters. The molecule has 0 bridgehead atoms. The van der Waals surface area contributed by atoms with Gasteiger partial charge >= 0.3 is 11.9 Å². The van der Waals surface area contributed by atoms with Crippen LogP contribution in [-0.2, 0) is 0 Å². The van der Waals surface area contributed by atoms with Crippen LogP contribution in [0.25, 0.3) is 10.8 Å². The number of esters is 2. The van der Waals surface area contributed by atoms with E-state index < -0.39 is 11.9 Å². The minimum absolute atomic E-state index is 0.376. The summed E-state index contributed by atoms with van der Waals surface area (Å²) < 4.78 is 23.3. The minimum Gasteiger partial charge on any atom is -0.494 e. The van der Waals surface area contributed by atoms with E-state index in [-0.39, 0.29) is 0 Å². The Labute approximate surface area is 366 Å². The Bertz CT molecular complexity index is 2350. The monoisotopic (exact) mass is 830 g/mol. The van der Waals surface area contributed by atoms with Crippen molar-refractivity contribution in [1.29, 1.82) is 0 Å². The summed E-state index contributed by atoms with van der Waals surface area (Å²) in [5.41, 5.74) is 4.15. The van der Waals surface area contributed by atoms with Crippen molar-refractivity contribution < 1.29 is 28.5 Å². The van der Waals surface area contributed by atoms with Crippen LogP contribution in [0.2, 0.25) is 0 Å². The summed E-state index contributed by atoms with van der Waals surface area (Å²) >= 11 is 0. The minimum atomic E-state index is -0.484. The van der Waals surface area contributed by atoms with Crippen LogP contribution in [0.3, 0.4) is 0 Å². The van der Waals surface area contributed by atoms with E-state index in [9.17, 15) is 9.59 Å². The number of hydrogen-bond donors (Lipinski definition) is 0. The molecule has 0 heterocycles. The third-order valence-electron chi connectivity index (χ3n) is 10.4. The number of unbranched alkanes of at least 4 members (excludes halogenated alkanes) is 10. The van der Waals surface area contributed by atoms with Crippen LogP contribution in [0.1, 0.15) is 123 Å². The fourth-order valence-corrected chi connectivity index (χ4v) is 6.82. The van der Waals surface area contributed by atoms with Crippen molar-refractivity contribution in [2.24, 2.45) is 9.98 Å². The molecule has 0 amide bonds. The highest BCUT2D eigenvalue weighted by atomic mass is 16.5. The first-order chi connectivity index (χ1) is 30.5. The Kier molecular flexibility index (Phi) is 17.9. The molecule has 0 N–H and O–H groups in total. The Morgan fingerprint density at radius 3 is 1.42 bits per heavy atom. The third-order valence-corrected chi connectivity index (χ3v) is 10.4. The van der Waals surface area contributed by atoms with Gasteiger partial charge in [-0.3, -0.25) is 9.98 Å². The zero-order valence-corrected chi connectivity index (χ0v) is 36.1. The second kappa shape index (κ2) is 24.7. The van der Waals surface area contributed by atoms with Crippen LogP contribution in [0.4, 0.5) is 11.4 Å². The summed E-state index contributed by atoms with van der Waals surface area (Å²) in [6.07, 6.45) is 18.3. The number of nitrogens with zero attached hydrogens (tertiary/aromatic N) is 2. The molecule has 0 aliphatic heterocycles. The molecule has 320 valence electrons. The predicted octanol–water partition coefficient (Wildman–Crippen LogP) is 14.3. The lowest BCUT2D eigenvalue weighted by Gasteiger charge is -2.10. The van der Waals surface area contributed by atoms with Gasteiger partial charge in [-0.25, -0.2) is 9.59 Å². The van der Waals surface area contributed by atoms with Crippen molar-refractivity contribution in [3.05, 3.63) is 156 Å². The highest BCUT2D eigenvalue weighted by Crippen LogP contribution is 2.30. The fourth-order valence-electron chi connectivity index (χ4n) is 6.82. The number of aliphatic imine (C=N–C) groups is 2. The predicted molar refractivity (Wildman–Crippen MR) is 252 cm³/mol. The Balaban J connectivity index is 0.953. The van der Waals surface area contributed by atoms with Crippen molar-refractivity contribution in [1.82, 2.24) is 0 Å². The normalized spacial score (nSPS) is 11.3. The molecule has 6 aromatic rings. The average Bonchev–Trinajstić information content (AvgIpc) is 3.30. The topological polar surface area (TPSA) is 95.8 Å². The lowest BCUT2D eigenvalue weighted by Crippen LogP contribution is -2.09. The van der Waals surface area contributed by atoms with Gasteiger partial charge in [0, 0.05) is 17.8 Å². The van der Waals surface area contributed by atoms with Crippen LogP contribution in [0.15, 0.2) is 143 Å². The van der Waals surface area contributed by atoms with E-state index in [1.807, 2.05) is 78.9 Å². The molecule has 0 saturated heterocycles. The van der Waals surface area contributed by atoms with E-state index in [0.29, 0.717) is 28.0 Å². The maximum atomic E-state index is 13.2. The number of fused-ring (bicyclic) bond motifs is 1. The fraction of sp³-hybridized carbons (Fsp3) is 0.296. The highest BCUT2D eigenvalue weighted by molar-refractivity contribution is 5.97. The molecule has 6 rings (SSSR count). The second-order valence-electron chi connectivity index (χ2n) is 15.4. The lowest BCUT2D eigenvalue weighted by molar-refractivity contribution is 0.0727. The number of carbonyl (C=O) groups excluding carboxylic acids is 2. The summed E-state index contributed by atoms with van der Waals surface area (Å²) in [6, 6.07) is 40.3. The van der Waals surface area contributed by atoms with E-state index in [1.165, 1.54) is 64.2 Å². The first kappa shape index (κ1) is 45.0. The van der Waals surface area contributed by atoms with Crippen molar-refractivity contribution in [3.63, 3.8) is 0 Å². The molecule has 0 spiro atoms. The molecule has 0 aromatic heterocycles. The summed E-state index contributed by atoms with van der Waals surface area (Å²) in [5, 5.41) is 1.47. The molecule has 8 nitrogen and oxygen atoms in total. The largest absolute Gasteiger partial charge is 0.494 e. The van der Waals surface area contributed by atoms with Crippen LogP contribution in [0.5, 0.6) is 23.0 Å². The molecule has 0 fully saturated rings. The number of ether oxygens (including phenoxy) is 4. The van der Waals surface area contributed by atoms with Gasteiger partial charge < -0.3 is 18.9 Å². The van der Waals surface area contributed by atoms with Crippen LogP contribution >= 0.6 is 0 Å². The van der Waals surface area contributed by atoms with E-state index in [2.05, 4.69) is 23.8 Å². The average molecular weight is 831 g/mol. The number of hydrogen-bond acceptors (Lipinski definition) is 8. The molecule has 0 radical (unpaired) electrons. The summed E-state index contributed by atoms with van der Waals surface area (Å²) in [5.74, 6) is 1.50. The summed E-state index contributed by atoms with van der Waals surface area (Å²) in [4.78, 5) is 35.4. The SMILES string of the molecule is CCCCCCCCOc1ccc(N=Cc2ccc(C(=O)Oc3ccc4c(OC(=O)c5ccc(C=Nc6ccc(OCCCCCCCC)cc6)cc5)cccc4c3)cc2)cc1. The van der Waals surface area contributed by atoms with Gasteiger partial charge in [-0.05, 0) is 126 Å². The maximum absolute atomic E-state index is 13.2. The Morgan fingerprint density at radius 2 is 0.919 bits per heavy atom. The number of rotatable bonds is 24. The Hall–Kier alpha value is -6.54. The Morgan fingerprint density at radius 1 is 0.468 bits per heavy atom. The summed E-state index contributed by atoms with van der Waals surface area (Å²) in [7, 11) is 0. The molecule has 8 heteroatoms. The quantitative estimate of drug-likeness (QED) is 0.0261. The van der Waals surface area contributed by atoms with Gasteiger partial charge in [0.2, 0.25) is 0 Å². The standard InChI is InChI=1S/C54H58N2O6/c1-3-5-7-9-11-13-36-59-48-30-26-46(27-31-48)55-39-41-18-22-43(23-19-41)53(57)61-50-34-35-51-45(38-50)16-15-17-52(51)62-54(58)44-24-20-42(21-25-44)40-56-47-28-32-49(33-29-47)60-37-14-12-10-8-6-4-2/h15-35,38-40H,3-14,36-37H2,1-2H3. The van der Waals surface area contributed by atoms with Gasteiger partial charge in [0.05, 0.1) is 35.7 Å². The summed E-state index contributed by atoms with van der Waals surface area (Å²) in [6.45, 7) is 5.91. The van der Waals surface area contributed by atoms with Gasteiger partial charge in [0.25, 0.3) is 0 Å². The van der Waals surface area contributed by atoms with E-state index >= 15 is 0 Å². The van der Waals surface area contributed by atoms with Gasteiger partial charge in [0.15, 0.2) is 0 Å². The lowest BCUT2D eigenvalue weighted by atomic mass is 10.1. The maximum Gasteiger partial charge on any atom is 0.343 e. The zero-order chi connectivity index (χ0) is 43.2. The molecule has 0 saturated carbocycles. The van der Waals surface area contributed by atoms with Crippen LogP contribution < -0.4 is 18.9 Å². The van der Waals surface area contributed by atoms with Gasteiger partial charge in [-0.2, -0.15) is 0 Å². The van der Waals surface area contributed by atoms with Crippen molar-refractivity contribution in [2.45, 2.75) is 90.9 Å². The zero-order valence-electron chi connectivity index (χ0n) is 36.1. The first-order valence-electron chi connectivity index (χ1n) is 22.2. The van der Waals surface area contributed by atoms with E-state index in [4.69, 9.17) is 18.9 Å². The van der Waals surface area contributed by atoms with Gasteiger partial charge in [0.1, 0.15) is 23.0 Å². The van der Waals surface area contributed by atoms with E-state index in [0.717, 1.165) is 65.4 Å². The van der Waals surface area contributed by atoms with Crippen LogP contribution in [0, 0.1) is 0 Å². The third kappa shape index (κ3) is 14.6. The molecular weight excluding hydrogens is 773 g/mol. The van der Waals surface area contributed by atoms with Crippen molar-refractivity contribution in [2.75, 3.05) is 13.2 Å². The molecule has 62 heavy (non-hydrogen) atoms. The first-order valence-corrected chi connectivity index (χ1v) is 22.2. The van der Waals surface area contributed by atoms with Gasteiger partial charge in [-0.15, -0.1) is 0 Å². The van der Waals surface area contributed by atoms with Crippen molar-refractivity contribution in [3.8, 4) is 23.0 Å². The second-order valence-corrected chi connectivity index (χ2v) is 15.4. The van der Waals surface area contributed by atoms with E-state index in [1.54, 1.807) is 67.0 Å². The van der Waals surface area contributed by atoms with Crippen molar-refractivity contribution >= 4 is 46.5 Å². The molecule has 0 aliphatic carbocycles. The highest BCUT2D eigenvalue weighted by Gasteiger charge is 2.14. The van der Waals surface area contributed by atoms with Gasteiger partial charge in [-0.1, -0.05) is 114 Å². The molecular formula is C54H58N2O6. The van der Waals surface area contributed by atoms with Crippen LogP contribution in [-0.4, -0.2) is 37.6 Å². The smallest absolute Gasteiger partial charge is 0.343 e.